The average Bonchev–Trinajstić information content (AvgIpc) is 3.33. The van der Waals surface area contributed by atoms with Crippen LogP contribution in [0.3, 0.4) is 0 Å². The summed E-state index contributed by atoms with van der Waals surface area (Å²) >= 11 is 0. The molecule has 0 saturated carbocycles. The van der Waals surface area contributed by atoms with Crippen LogP contribution in [0.4, 0.5) is 0 Å². The van der Waals surface area contributed by atoms with Gasteiger partial charge < -0.3 is 14.2 Å². The van der Waals surface area contributed by atoms with Crippen LogP contribution in [0.1, 0.15) is 316 Å². The second-order valence-electron chi connectivity index (χ2n) is 19.9. The molecule has 6 nitrogen and oxygen atoms in total. The zero-order chi connectivity index (χ0) is 48.6. The summed E-state index contributed by atoms with van der Waals surface area (Å²) in [7, 11) is 0. The monoisotopic (exact) mass is 941 g/mol. The third-order valence-corrected chi connectivity index (χ3v) is 13.2. The Bertz CT molecular complexity index is 1130. The molecule has 0 fully saturated rings. The summed E-state index contributed by atoms with van der Waals surface area (Å²) in [5.41, 5.74) is 0. The summed E-state index contributed by atoms with van der Waals surface area (Å²) in [6, 6.07) is 0. The highest BCUT2D eigenvalue weighted by atomic mass is 16.6. The first kappa shape index (κ1) is 64.6. The normalized spacial score (nSPS) is 12.2. The van der Waals surface area contributed by atoms with Crippen molar-refractivity contribution in [2.45, 2.75) is 322 Å². The van der Waals surface area contributed by atoms with Gasteiger partial charge >= 0.3 is 17.9 Å². The molecule has 67 heavy (non-hydrogen) atoms. The van der Waals surface area contributed by atoms with Gasteiger partial charge in [0.2, 0.25) is 0 Å². The summed E-state index contributed by atoms with van der Waals surface area (Å²) < 4.78 is 16.7. The van der Waals surface area contributed by atoms with E-state index in [2.05, 4.69) is 57.2 Å². The molecule has 0 spiro atoms. The highest BCUT2D eigenvalue weighted by Crippen LogP contribution is 2.17. The first-order chi connectivity index (χ1) is 33.0. The molecule has 0 amide bonds. The summed E-state index contributed by atoms with van der Waals surface area (Å²) in [5, 5.41) is 0. The van der Waals surface area contributed by atoms with Crippen LogP contribution in [0.25, 0.3) is 0 Å². The van der Waals surface area contributed by atoms with E-state index in [9.17, 15) is 14.4 Å². The molecule has 0 aromatic rings. The Morgan fingerprint density at radius 1 is 0.313 bits per heavy atom. The molecule has 0 saturated heterocycles. The van der Waals surface area contributed by atoms with E-state index in [-0.39, 0.29) is 31.1 Å². The van der Waals surface area contributed by atoms with Gasteiger partial charge in [-0.2, -0.15) is 0 Å². The van der Waals surface area contributed by atoms with Crippen molar-refractivity contribution >= 4 is 17.9 Å². The molecule has 6 heteroatoms. The third-order valence-electron chi connectivity index (χ3n) is 13.2. The summed E-state index contributed by atoms with van der Waals surface area (Å²) in [5.74, 6) is -0.882. The molecule has 392 valence electrons. The van der Waals surface area contributed by atoms with Gasteiger partial charge in [0, 0.05) is 19.3 Å². The second-order valence-corrected chi connectivity index (χ2v) is 19.9. The lowest BCUT2D eigenvalue weighted by atomic mass is 10.0. The Balaban J connectivity index is 3.98. The van der Waals surface area contributed by atoms with Gasteiger partial charge in [0.1, 0.15) is 13.2 Å². The van der Waals surface area contributed by atoms with E-state index in [4.69, 9.17) is 14.2 Å². The number of carbonyl (C=O) groups is 3. The van der Waals surface area contributed by atoms with Crippen molar-refractivity contribution in [1.29, 1.82) is 0 Å². The molecular formula is C61H112O6. The van der Waals surface area contributed by atoms with Crippen molar-refractivity contribution in [3.63, 3.8) is 0 Å². The third kappa shape index (κ3) is 54.4. The highest BCUT2D eigenvalue weighted by Gasteiger charge is 2.19. The Morgan fingerprint density at radius 3 is 0.910 bits per heavy atom. The van der Waals surface area contributed by atoms with E-state index < -0.39 is 6.10 Å². The quantitative estimate of drug-likeness (QED) is 0.0262. The fourth-order valence-electron chi connectivity index (χ4n) is 8.75. The fourth-order valence-corrected chi connectivity index (χ4v) is 8.75. The first-order valence-corrected chi connectivity index (χ1v) is 29.5. The summed E-state index contributed by atoms with van der Waals surface area (Å²) in [4.78, 5) is 37.8. The van der Waals surface area contributed by atoms with Crippen molar-refractivity contribution in [1.82, 2.24) is 0 Å². The number of carbonyl (C=O) groups excluding carboxylic acids is 3. The standard InChI is InChI=1S/C61H112O6/c1-4-7-10-13-15-17-19-21-23-25-26-27-28-29-30-31-32-33-34-36-37-39-41-43-45-48-51-54-60(63)66-57-58(56-65-59(62)53-50-47-12-9-6-3)67-61(64)55-52-49-46-44-42-40-38-35-24-22-20-18-16-14-11-8-5-2/h8,11,16,18,22,24,58H,4-7,9-10,12-15,17,19-21,23,25-57H2,1-3H3/b11-8-,18-16-,24-22-. The van der Waals surface area contributed by atoms with Gasteiger partial charge in [-0.25, -0.2) is 0 Å². The number of esters is 3. The SMILES string of the molecule is CC/C=C\C/C=C\C/C=C\CCCCCCCCCC(=O)OC(COC(=O)CCCCCCC)COC(=O)CCCCCCCCCCCCCCCCCCCCCCCCCCCCC. The Morgan fingerprint density at radius 2 is 0.582 bits per heavy atom. The molecule has 0 N–H and O–H groups in total. The summed E-state index contributed by atoms with van der Waals surface area (Å²) in [6.07, 6.45) is 67.7. The van der Waals surface area contributed by atoms with Gasteiger partial charge in [0.25, 0.3) is 0 Å². The number of hydrogen-bond donors (Lipinski definition) is 0. The Hall–Kier alpha value is -2.37. The molecule has 0 aromatic carbocycles. The van der Waals surface area contributed by atoms with Crippen LogP contribution < -0.4 is 0 Å². The fraction of sp³-hybridized carbons (Fsp3) is 0.852. The van der Waals surface area contributed by atoms with E-state index in [0.29, 0.717) is 19.3 Å². The van der Waals surface area contributed by atoms with Crippen LogP contribution in [0.5, 0.6) is 0 Å². The van der Waals surface area contributed by atoms with E-state index in [1.807, 2.05) is 0 Å². The smallest absolute Gasteiger partial charge is 0.306 e. The first-order valence-electron chi connectivity index (χ1n) is 29.5. The molecule has 0 aliphatic carbocycles. The van der Waals surface area contributed by atoms with E-state index in [1.165, 1.54) is 186 Å². The number of hydrogen-bond acceptors (Lipinski definition) is 6. The van der Waals surface area contributed by atoms with Crippen molar-refractivity contribution < 1.29 is 28.6 Å². The van der Waals surface area contributed by atoms with E-state index in [1.54, 1.807) is 0 Å². The number of allylic oxidation sites excluding steroid dienone is 6. The minimum atomic E-state index is -0.771. The largest absolute Gasteiger partial charge is 0.462 e. The molecule has 0 radical (unpaired) electrons. The lowest BCUT2D eigenvalue weighted by Crippen LogP contribution is -2.30. The molecule has 1 atom stereocenters. The topological polar surface area (TPSA) is 78.9 Å². The van der Waals surface area contributed by atoms with Gasteiger partial charge in [0.05, 0.1) is 0 Å². The van der Waals surface area contributed by atoms with Crippen LogP contribution in [0.2, 0.25) is 0 Å². The molecule has 0 heterocycles. The molecule has 0 aromatic heterocycles. The van der Waals surface area contributed by atoms with E-state index >= 15 is 0 Å². The van der Waals surface area contributed by atoms with Crippen molar-refractivity contribution in [2.75, 3.05) is 13.2 Å². The predicted molar refractivity (Wildman–Crippen MR) is 289 cm³/mol. The maximum absolute atomic E-state index is 12.8. The van der Waals surface area contributed by atoms with Crippen LogP contribution >= 0.6 is 0 Å². The number of ether oxygens (including phenoxy) is 3. The van der Waals surface area contributed by atoms with Gasteiger partial charge in [0.15, 0.2) is 6.10 Å². The van der Waals surface area contributed by atoms with Crippen LogP contribution in [-0.2, 0) is 28.6 Å². The molecule has 0 aliphatic rings. The average molecular weight is 942 g/mol. The van der Waals surface area contributed by atoms with Gasteiger partial charge in [-0.3, -0.25) is 14.4 Å². The number of unbranched alkanes of at least 4 members (excludes halogenated alkanes) is 37. The van der Waals surface area contributed by atoms with Gasteiger partial charge in [-0.05, 0) is 51.4 Å². The number of rotatable bonds is 54. The molecule has 0 bridgehead atoms. The highest BCUT2D eigenvalue weighted by molar-refractivity contribution is 5.71. The molecule has 0 aliphatic heterocycles. The predicted octanol–water partition coefficient (Wildman–Crippen LogP) is 19.7. The Labute approximate surface area is 416 Å². The van der Waals surface area contributed by atoms with Gasteiger partial charge in [-0.1, -0.05) is 282 Å². The maximum Gasteiger partial charge on any atom is 0.306 e. The van der Waals surface area contributed by atoms with Crippen LogP contribution in [0, 0.1) is 0 Å². The Kier molecular flexibility index (Phi) is 54.2. The lowest BCUT2D eigenvalue weighted by molar-refractivity contribution is -0.167. The lowest BCUT2D eigenvalue weighted by Gasteiger charge is -2.18. The second kappa shape index (κ2) is 56.2. The zero-order valence-electron chi connectivity index (χ0n) is 44.9. The van der Waals surface area contributed by atoms with Gasteiger partial charge in [-0.15, -0.1) is 0 Å². The van der Waals surface area contributed by atoms with Crippen molar-refractivity contribution in [2.24, 2.45) is 0 Å². The van der Waals surface area contributed by atoms with Crippen molar-refractivity contribution in [3.05, 3.63) is 36.5 Å². The minimum absolute atomic E-state index is 0.0730. The molecule has 0 rings (SSSR count). The minimum Gasteiger partial charge on any atom is -0.462 e. The van der Waals surface area contributed by atoms with Crippen LogP contribution in [-0.4, -0.2) is 37.2 Å². The van der Waals surface area contributed by atoms with E-state index in [0.717, 1.165) is 89.9 Å². The maximum atomic E-state index is 12.8. The van der Waals surface area contributed by atoms with Crippen molar-refractivity contribution in [3.8, 4) is 0 Å². The molecule has 1 unspecified atom stereocenters. The molecular weight excluding hydrogens is 829 g/mol. The summed E-state index contributed by atoms with van der Waals surface area (Å²) in [6.45, 7) is 6.48. The zero-order valence-corrected chi connectivity index (χ0v) is 44.9. The van der Waals surface area contributed by atoms with Crippen LogP contribution in [0.15, 0.2) is 36.5 Å².